The molecule has 3 heterocycles. The van der Waals surface area contributed by atoms with Crippen LogP contribution in [-0.4, -0.2) is 54.3 Å². The summed E-state index contributed by atoms with van der Waals surface area (Å²) < 4.78 is 2.10. The number of aromatic nitrogens is 6. The van der Waals surface area contributed by atoms with Crippen molar-refractivity contribution in [2.24, 2.45) is 0 Å². The topological polar surface area (TPSA) is 105 Å². The lowest BCUT2D eigenvalue weighted by Gasteiger charge is -2.26. The van der Waals surface area contributed by atoms with Crippen molar-refractivity contribution >= 4 is 5.91 Å². The van der Waals surface area contributed by atoms with E-state index in [0.29, 0.717) is 24.8 Å². The molecule has 1 fully saturated rings. The number of nitrogens with one attached hydrogen (secondary N) is 2. The van der Waals surface area contributed by atoms with Gasteiger partial charge in [0.05, 0.1) is 24.5 Å². The Labute approximate surface area is 162 Å². The van der Waals surface area contributed by atoms with E-state index in [1.165, 1.54) is 24.2 Å². The van der Waals surface area contributed by atoms with Crippen LogP contribution in [0, 0.1) is 0 Å². The normalized spacial score (nSPS) is 16.7. The zero-order valence-electron chi connectivity index (χ0n) is 15.5. The third kappa shape index (κ3) is 3.65. The van der Waals surface area contributed by atoms with E-state index in [0.717, 1.165) is 30.8 Å². The molecule has 2 N–H and O–H groups in total. The second-order valence-corrected chi connectivity index (χ2v) is 7.48. The van der Waals surface area contributed by atoms with E-state index in [4.69, 9.17) is 5.10 Å². The minimum absolute atomic E-state index is 0.0395. The van der Waals surface area contributed by atoms with E-state index in [2.05, 4.69) is 41.6 Å². The molecule has 1 saturated carbocycles. The van der Waals surface area contributed by atoms with E-state index >= 15 is 0 Å². The molecule has 0 unspecified atom stereocenters. The zero-order valence-corrected chi connectivity index (χ0v) is 15.5. The van der Waals surface area contributed by atoms with Gasteiger partial charge in [0.1, 0.15) is 0 Å². The number of tetrazole rings is 1. The summed E-state index contributed by atoms with van der Waals surface area (Å²) >= 11 is 0. The fourth-order valence-corrected chi connectivity index (χ4v) is 3.57. The number of benzene rings is 1. The number of fused-ring (bicyclic) bond motifs is 1. The van der Waals surface area contributed by atoms with E-state index in [1.807, 2.05) is 24.3 Å². The molecule has 3 aromatic rings. The molecule has 0 spiro atoms. The number of nitrogens with zero attached hydrogens (tertiary/aromatic N) is 6. The van der Waals surface area contributed by atoms with E-state index in [9.17, 15) is 4.79 Å². The molecule has 2 aliphatic rings. The molecule has 0 saturated heterocycles. The van der Waals surface area contributed by atoms with Gasteiger partial charge < -0.3 is 5.32 Å². The average molecular weight is 378 g/mol. The van der Waals surface area contributed by atoms with Gasteiger partial charge in [-0.1, -0.05) is 24.3 Å². The van der Waals surface area contributed by atoms with Crippen molar-refractivity contribution in [1.29, 1.82) is 0 Å². The fourth-order valence-electron chi connectivity index (χ4n) is 3.57. The summed E-state index contributed by atoms with van der Waals surface area (Å²) in [5.41, 5.74) is 4.37. The lowest BCUT2D eigenvalue weighted by atomic mass is 10.1. The lowest BCUT2D eigenvalue weighted by molar-refractivity contribution is -0.122. The number of carbonyl (C=O) groups excluding carboxylic acids is 1. The molecule has 0 radical (unpaired) electrons. The highest BCUT2D eigenvalue weighted by Gasteiger charge is 2.29. The Morgan fingerprint density at radius 2 is 2.07 bits per heavy atom. The number of hydrogen-bond acceptors (Lipinski definition) is 6. The number of hydrogen-bond donors (Lipinski definition) is 2. The predicted molar refractivity (Wildman–Crippen MR) is 101 cm³/mol. The van der Waals surface area contributed by atoms with E-state index in [-0.39, 0.29) is 5.91 Å². The van der Waals surface area contributed by atoms with Crippen LogP contribution in [0.15, 0.2) is 30.3 Å². The molecule has 1 aliphatic carbocycles. The molecule has 28 heavy (non-hydrogen) atoms. The molecule has 1 amide bonds. The maximum atomic E-state index is 12.4. The number of H-pyrrole nitrogens is 1. The highest BCUT2D eigenvalue weighted by Crippen LogP contribution is 2.39. The molecule has 0 atom stereocenters. The van der Waals surface area contributed by atoms with Crippen molar-refractivity contribution in [1.82, 2.24) is 40.6 Å². The third-order valence-electron chi connectivity index (χ3n) is 5.31. The van der Waals surface area contributed by atoms with Gasteiger partial charge in [0, 0.05) is 31.1 Å². The summed E-state index contributed by atoms with van der Waals surface area (Å²) in [6.07, 6.45) is 2.53. The monoisotopic (exact) mass is 378 g/mol. The van der Waals surface area contributed by atoms with Gasteiger partial charge in [-0.3, -0.25) is 14.4 Å². The van der Waals surface area contributed by atoms with Gasteiger partial charge in [-0.25, -0.2) is 0 Å². The van der Waals surface area contributed by atoms with Crippen LogP contribution in [-0.2, 0) is 24.4 Å². The first-order valence-corrected chi connectivity index (χ1v) is 9.63. The summed E-state index contributed by atoms with van der Waals surface area (Å²) in [5, 5.41) is 21.6. The molecule has 9 heteroatoms. The van der Waals surface area contributed by atoms with E-state index in [1.54, 1.807) is 0 Å². The Bertz CT molecular complexity index is 958. The van der Waals surface area contributed by atoms with Gasteiger partial charge in [0.15, 0.2) is 0 Å². The van der Waals surface area contributed by atoms with Crippen molar-refractivity contribution in [3.63, 3.8) is 0 Å². The average Bonchev–Trinajstić information content (AvgIpc) is 3.25. The highest BCUT2D eigenvalue weighted by atomic mass is 16.2. The number of carbonyl (C=O) groups is 1. The minimum Gasteiger partial charge on any atom is -0.351 e. The summed E-state index contributed by atoms with van der Waals surface area (Å²) in [4.78, 5) is 14.5. The first-order valence-electron chi connectivity index (χ1n) is 9.63. The summed E-state index contributed by atoms with van der Waals surface area (Å²) in [7, 11) is 0. The van der Waals surface area contributed by atoms with Crippen LogP contribution < -0.4 is 5.32 Å². The standard InChI is InChI=1S/C19H22N8O/c28-18(20-10-13-1-3-15(4-2-13)19-21-24-25-22-19)12-26-7-8-27-16(11-26)9-17(23-27)14-5-6-14/h1-4,9,14H,5-8,10-12H2,(H,20,28)(H,21,22,24,25). The molecule has 2 aromatic heterocycles. The zero-order chi connectivity index (χ0) is 18.9. The molecular weight excluding hydrogens is 356 g/mol. The Hall–Kier alpha value is -3.07. The van der Waals surface area contributed by atoms with Crippen LogP contribution in [0.5, 0.6) is 0 Å². The van der Waals surface area contributed by atoms with Gasteiger partial charge >= 0.3 is 0 Å². The summed E-state index contributed by atoms with van der Waals surface area (Å²) in [6, 6.07) is 9.99. The number of aromatic amines is 1. The smallest absolute Gasteiger partial charge is 0.234 e. The second-order valence-electron chi connectivity index (χ2n) is 7.48. The van der Waals surface area contributed by atoms with Gasteiger partial charge in [-0.05, 0) is 29.7 Å². The molecule has 5 rings (SSSR count). The Kier molecular flexibility index (Phi) is 4.36. The molecule has 1 aromatic carbocycles. The van der Waals surface area contributed by atoms with Gasteiger partial charge in [0.25, 0.3) is 0 Å². The Balaban J connectivity index is 1.12. The van der Waals surface area contributed by atoms with Gasteiger partial charge in [-0.15, -0.1) is 10.2 Å². The quantitative estimate of drug-likeness (QED) is 0.665. The van der Waals surface area contributed by atoms with Crippen LogP contribution in [0.2, 0.25) is 0 Å². The first kappa shape index (κ1) is 17.1. The number of rotatable bonds is 6. The molecule has 9 nitrogen and oxygen atoms in total. The second kappa shape index (κ2) is 7.16. The highest BCUT2D eigenvalue weighted by molar-refractivity contribution is 5.78. The van der Waals surface area contributed by atoms with Crippen LogP contribution in [0.1, 0.15) is 35.7 Å². The largest absolute Gasteiger partial charge is 0.351 e. The van der Waals surface area contributed by atoms with Crippen molar-refractivity contribution in [2.75, 3.05) is 13.1 Å². The van der Waals surface area contributed by atoms with Crippen LogP contribution in [0.25, 0.3) is 11.4 Å². The first-order chi connectivity index (χ1) is 13.7. The third-order valence-corrected chi connectivity index (χ3v) is 5.31. The lowest BCUT2D eigenvalue weighted by Crippen LogP contribution is -2.41. The SMILES string of the molecule is O=C(CN1CCn2nc(C3CC3)cc2C1)NCc1ccc(-c2nn[nH]n2)cc1. The fraction of sp³-hybridized carbons (Fsp3) is 0.421. The van der Waals surface area contributed by atoms with Crippen molar-refractivity contribution < 1.29 is 4.79 Å². The number of amides is 1. The Morgan fingerprint density at radius 3 is 2.82 bits per heavy atom. The van der Waals surface area contributed by atoms with Gasteiger partial charge in [0.2, 0.25) is 11.7 Å². The maximum absolute atomic E-state index is 12.4. The van der Waals surface area contributed by atoms with Crippen LogP contribution >= 0.6 is 0 Å². The van der Waals surface area contributed by atoms with E-state index < -0.39 is 0 Å². The van der Waals surface area contributed by atoms with Gasteiger partial charge in [-0.2, -0.15) is 10.3 Å². The van der Waals surface area contributed by atoms with Crippen LogP contribution in [0.4, 0.5) is 0 Å². The molecule has 1 aliphatic heterocycles. The molecule has 144 valence electrons. The van der Waals surface area contributed by atoms with Crippen molar-refractivity contribution in [2.45, 2.75) is 38.4 Å². The summed E-state index contributed by atoms with van der Waals surface area (Å²) in [6.45, 7) is 3.40. The molecular formula is C19H22N8O. The van der Waals surface area contributed by atoms with Crippen LogP contribution in [0.3, 0.4) is 0 Å². The Morgan fingerprint density at radius 1 is 1.21 bits per heavy atom. The predicted octanol–water partition coefficient (Wildman–Crippen LogP) is 1.07. The maximum Gasteiger partial charge on any atom is 0.234 e. The minimum atomic E-state index is 0.0395. The molecule has 0 bridgehead atoms. The van der Waals surface area contributed by atoms with Crippen molar-refractivity contribution in [3.8, 4) is 11.4 Å². The summed E-state index contributed by atoms with van der Waals surface area (Å²) in [5.74, 6) is 1.27. The van der Waals surface area contributed by atoms with Crippen molar-refractivity contribution in [3.05, 3.63) is 47.3 Å².